The van der Waals surface area contributed by atoms with Crippen molar-refractivity contribution in [2.75, 3.05) is 26.2 Å². The molecule has 1 atom stereocenters. The van der Waals surface area contributed by atoms with Crippen LogP contribution in [-0.4, -0.2) is 37.1 Å². The zero-order valence-corrected chi connectivity index (χ0v) is 8.47. The minimum Gasteiger partial charge on any atom is -0.315 e. The van der Waals surface area contributed by atoms with E-state index in [1.807, 2.05) is 0 Å². The minimum absolute atomic E-state index is 0.821. The van der Waals surface area contributed by atoms with Gasteiger partial charge in [0.15, 0.2) is 0 Å². The van der Waals surface area contributed by atoms with Gasteiger partial charge < -0.3 is 5.32 Å². The van der Waals surface area contributed by atoms with E-state index in [9.17, 15) is 0 Å². The second-order valence-electron chi connectivity index (χ2n) is 3.63. The monoisotopic (exact) mass is 170 g/mol. The van der Waals surface area contributed by atoms with Gasteiger partial charge in [0.2, 0.25) is 0 Å². The van der Waals surface area contributed by atoms with Crippen molar-refractivity contribution in [1.82, 2.24) is 10.2 Å². The van der Waals surface area contributed by atoms with E-state index in [1.54, 1.807) is 0 Å². The molecule has 0 radical (unpaired) electrons. The average molecular weight is 170 g/mol. The zero-order chi connectivity index (χ0) is 8.81. The first-order valence-electron chi connectivity index (χ1n) is 5.33. The summed E-state index contributed by atoms with van der Waals surface area (Å²) in [7, 11) is 0. The molecule has 0 aromatic carbocycles. The Bertz CT molecular complexity index is 108. The van der Waals surface area contributed by atoms with E-state index >= 15 is 0 Å². The van der Waals surface area contributed by atoms with E-state index in [0.717, 1.165) is 6.04 Å². The minimum atomic E-state index is 0.821. The topological polar surface area (TPSA) is 15.3 Å². The van der Waals surface area contributed by atoms with Gasteiger partial charge >= 0.3 is 0 Å². The highest BCUT2D eigenvalue weighted by molar-refractivity contribution is 4.79. The van der Waals surface area contributed by atoms with E-state index in [-0.39, 0.29) is 0 Å². The van der Waals surface area contributed by atoms with Crippen molar-refractivity contribution in [2.45, 2.75) is 39.2 Å². The molecule has 0 aliphatic carbocycles. The molecule has 0 aromatic rings. The second-order valence-corrected chi connectivity index (χ2v) is 3.63. The lowest BCUT2D eigenvalue weighted by Gasteiger charge is -2.26. The van der Waals surface area contributed by atoms with Crippen LogP contribution in [0.15, 0.2) is 0 Å². The first kappa shape index (κ1) is 10.0. The molecular weight excluding hydrogens is 148 g/mol. The molecule has 1 heterocycles. The first-order valence-corrected chi connectivity index (χ1v) is 5.33. The fourth-order valence-corrected chi connectivity index (χ4v) is 1.91. The number of rotatable bonds is 5. The van der Waals surface area contributed by atoms with Crippen LogP contribution in [0, 0.1) is 0 Å². The second kappa shape index (κ2) is 5.55. The molecule has 1 rings (SSSR count). The highest BCUT2D eigenvalue weighted by Gasteiger charge is 2.19. The molecule has 0 aromatic heterocycles. The van der Waals surface area contributed by atoms with Crippen molar-refractivity contribution in [3.05, 3.63) is 0 Å². The third-order valence-corrected chi connectivity index (χ3v) is 2.76. The molecule has 72 valence electrons. The summed E-state index contributed by atoms with van der Waals surface area (Å²) in [5.41, 5.74) is 0. The Morgan fingerprint density at radius 1 is 1.42 bits per heavy atom. The molecule has 1 aliphatic heterocycles. The molecule has 1 aliphatic rings. The number of hydrogen-bond acceptors (Lipinski definition) is 2. The van der Waals surface area contributed by atoms with E-state index in [1.165, 1.54) is 45.4 Å². The van der Waals surface area contributed by atoms with E-state index in [0.29, 0.717) is 0 Å². The molecule has 0 saturated carbocycles. The van der Waals surface area contributed by atoms with Crippen molar-refractivity contribution in [3.63, 3.8) is 0 Å². The molecule has 2 heteroatoms. The summed E-state index contributed by atoms with van der Waals surface area (Å²) in [4.78, 5) is 2.61. The summed E-state index contributed by atoms with van der Waals surface area (Å²) < 4.78 is 0. The number of nitrogens with one attached hydrogen (secondary N) is 1. The summed E-state index contributed by atoms with van der Waals surface area (Å²) in [5.74, 6) is 0. The lowest BCUT2D eigenvalue weighted by atomic mass is 10.2. The van der Waals surface area contributed by atoms with Crippen LogP contribution in [-0.2, 0) is 0 Å². The van der Waals surface area contributed by atoms with Gasteiger partial charge in [0.1, 0.15) is 0 Å². The Labute approximate surface area is 76.3 Å². The van der Waals surface area contributed by atoms with Gasteiger partial charge in [-0.1, -0.05) is 20.3 Å². The van der Waals surface area contributed by atoms with Gasteiger partial charge in [-0.2, -0.15) is 0 Å². The zero-order valence-electron chi connectivity index (χ0n) is 8.47. The highest BCUT2D eigenvalue weighted by atomic mass is 15.2. The predicted octanol–water partition coefficient (Wildman–Crippen LogP) is 1.47. The maximum absolute atomic E-state index is 3.42. The van der Waals surface area contributed by atoms with Crippen LogP contribution >= 0.6 is 0 Å². The first-order chi connectivity index (χ1) is 5.88. The van der Waals surface area contributed by atoms with Gasteiger partial charge in [0.05, 0.1) is 0 Å². The number of nitrogens with zero attached hydrogens (tertiary/aromatic N) is 1. The van der Waals surface area contributed by atoms with Crippen LogP contribution in [0.4, 0.5) is 0 Å². The predicted molar refractivity (Wildman–Crippen MR) is 53.4 cm³/mol. The summed E-state index contributed by atoms with van der Waals surface area (Å²) in [6, 6.07) is 0.821. The van der Waals surface area contributed by atoms with Crippen LogP contribution in [0.25, 0.3) is 0 Å². The van der Waals surface area contributed by atoms with Crippen molar-refractivity contribution in [1.29, 1.82) is 0 Å². The van der Waals surface area contributed by atoms with Crippen molar-refractivity contribution in [2.24, 2.45) is 0 Å². The Balaban J connectivity index is 2.22. The van der Waals surface area contributed by atoms with Crippen LogP contribution in [0.2, 0.25) is 0 Å². The standard InChI is InChI=1S/C10H22N2/c1-3-5-8-12(4-2)10-6-7-11-9-10/h10-11H,3-9H2,1-2H3. The van der Waals surface area contributed by atoms with E-state index in [2.05, 4.69) is 24.1 Å². The van der Waals surface area contributed by atoms with Gasteiger partial charge in [-0.25, -0.2) is 0 Å². The van der Waals surface area contributed by atoms with Gasteiger partial charge in [-0.15, -0.1) is 0 Å². The molecule has 0 spiro atoms. The SMILES string of the molecule is CCCCN(CC)C1CCNC1. The molecule has 1 fully saturated rings. The van der Waals surface area contributed by atoms with Gasteiger partial charge in [-0.05, 0) is 32.5 Å². The summed E-state index contributed by atoms with van der Waals surface area (Å²) >= 11 is 0. The van der Waals surface area contributed by atoms with Crippen LogP contribution in [0.5, 0.6) is 0 Å². The Morgan fingerprint density at radius 3 is 2.75 bits per heavy atom. The van der Waals surface area contributed by atoms with Gasteiger partial charge in [-0.3, -0.25) is 4.90 Å². The van der Waals surface area contributed by atoms with Gasteiger partial charge in [0.25, 0.3) is 0 Å². The molecule has 1 saturated heterocycles. The lowest BCUT2D eigenvalue weighted by molar-refractivity contribution is 0.216. The lowest BCUT2D eigenvalue weighted by Crippen LogP contribution is -2.37. The number of hydrogen-bond donors (Lipinski definition) is 1. The van der Waals surface area contributed by atoms with Gasteiger partial charge in [0, 0.05) is 12.6 Å². The molecule has 1 N–H and O–H groups in total. The van der Waals surface area contributed by atoms with E-state index in [4.69, 9.17) is 0 Å². The Morgan fingerprint density at radius 2 is 2.25 bits per heavy atom. The third-order valence-electron chi connectivity index (χ3n) is 2.76. The maximum Gasteiger partial charge on any atom is 0.0232 e. The number of unbranched alkanes of at least 4 members (excludes halogenated alkanes) is 1. The molecule has 0 bridgehead atoms. The van der Waals surface area contributed by atoms with Crippen LogP contribution < -0.4 is 5.32 Å². The van der Waals surface area contributed by atoms with Crippen LogP contribution in [0.1, 0.15) is 33.1 Å². The summed E-state index contributed by atoms with van der Waals surface area (Å²) in [5, 5.41) is 3.42. The fraction of sp³-hybridized carbons (Fsp3) is 1.00. The smallest absolute Gasteiger partial charge is 0.0232 e. The van der Waals surface area contributed by atoms with Crippen molar-refractivity contribution < 1.29 is 0 Å². The Hall–Kier alpha value is -0.0800. The third kappa shape index (κ3) is 2.76. The molecule has 0 amide bonds. The Kier molecular flexibility index (Phi) is 4.62. The van der Waals surface area contributed by atoms with Crippen molar-refractivity contribution >= 4 is 0 Å². The summed E-state index contributed by atoms with van der Waals surface area (Å²) in [6.45, 7) is 9.46. The molecule has 12 heavy (non-hydrogen) atoms. The molecular formula is C10H22N2. The molecule has 2 nitrogen and oxygen atoms in total. The average Bonchev–Trinajstić information content (AvgIpc) is 2.59. The van der Waals surface area contributed by atoms with Crippen molar-refractivity contribution in [3.8, 4) is 0 Å². The highest BCUT2D eigenvalue weighted by Crippen LogP contribution is 2.08. The largest absolute Gasteiger partial charge is 0.315 e. The number of likely N-dealkylation sites (N-methyl/N-ethyl adjacent to an activating group) is 1. The van der Waals surface area contributed by atoms with E-state index < -0.39 is 0 Å². The van der Waals surface area contributed by atoms with Crippen LogP contribution in [0.3, 0.4) is 0 Å². The molecule has 1 unspecified atom stereocenters. The normalized spacial score (nSPS) is 23.8. The summed E-state index contributed by atoms with van der Waals surface area (Å²) in [6.07, 6.45) is 4.01. The quantitative estimate of drug-likeness (QED) is 0.672. The maximum atomic E-state index is 3.42. The fourth-order valence-electron chi connectivity index (χ4n) is 1.91.